The zero-order chi connectivity index (χ0) is 14.7. The van der Waals surface area contributed by atoms with E-state index in [0.29, 0.717) is 12.6 Å². The average Bonchev–Trinajstić information content (AvgIpc) is 2.80. The van der Waals surface area contributed by atoms with Crippen LogP contribution >= 0.6 is 0 Å². The van der Waals surface area contributed by atoms with E-state index in [0.717, 1.165) is 19.4 Å². The Morgan fingerprint density at radius 3 is 2.95 bits per heavy atom. The fourth-order valence-electron chi connectivity index (χ4n) is 2.70. The van der Waals surface area contributed by atoms with Gasteiger partial charge < -0.3 is 9.64 Å². The van der Waals surface area contributed by atoms with Crippen LogP contribution in [0.5, 0.6) is 0 Å². The summed E-state index contributed by atoms with van der Waals surface area (Å²) in [5.41, 5.74) is 2.65. The molecular formula is C14H24N4O2. The van der Waals surface area contributed by atoms with E-state index in [2.05, 4.69) is 17.0 Å². The van der Waals surface area contributed by atoms with E-state index < -0.39 is 0 Å². The summed E-state index contributed by atoms with van der Waals surface area (Å²) >= 11 is 0. The van der Waals surface area contributed by atoms with Crippen LogP contribution in [-0.4, -0.2) is 60.0 Å². The molecule has 1 aromatic rings. The van der Waals surface area contributed by atoms with Gasteiger partial charge in [0, 0.05) is 45.0 Å². The number of carbonyl (C=O) groups excluding carboxylic acids is 1. The second-order valence-corrected chi connectivity index (χ2v) is 5.57. The molecule has 1 atom stereocenters. The van der Waals surface area contributed by atoms with Crippen LogP contribution in [-0.2, 0) is 18.2 Å². The highest BCUT2D eigenvalue weighted by atomic mass is 16.6. The number of aromatic nitrogens is 2. The molecule has 0 saturated heterocycles. The molecule has 112 valence electrons. The van der Waals surface area contributed by atoms with Crippen molar-refractivity contribution in [2.75, 3.05) is 34.3 Å². The molecule has 0 unspecified atom stereocenters. The Morgan fingerprint density at radius 2 is 2.25 bits per heavy atom. The summed E-state index contributed by atoms with van der Waals surface area (Å²) in [5, 5.41) is 4.36. The summed E-state index contributed by atoms with van der Waals surface area (Å²) in [6.07, 6.45) is 5.10. The maximum Gasteiger partial charge on any atom is 0.409 e. The molecule has 1 heterocycles. The number of fused-ring (bicyclic) bond motifs is 1. The number of rotatable bonds is 4. The second kappa shape index (κ2) is 6.26. The van der Waals surface area contributed by atoms with E-state index >= 15 is 0 Å². The minimum Gasteiger partial charge on any atom is -0.448 e. The second-order valence-electron chi connectivity index (χ2n) is 5.57. The Morgan fingerprint density at radius 1 is 1.50 bits per heavy atom. The maximum absolute atomic E-state index is 11.4. The molecule has 1 aliphatic rings. The molecule has 1 amide bonds. The van der Waals surface area contributed by atoms with Gasteiger partial charge in [0.05, 0.1) is 6.20 Å². The molecular weight excluding hydrogens is 256 g/mol. The van der Waals surface area contributed by atoms with Gasteiger partial charge in [0.1, 0.15) is 6.61 Å². The molecule has 0 bridgehead atoms. The molecule has 0 aliphatic heterocycles. The molecule has 2 rings (SSSR count). The SMILES string of the molecule is CN(C)C(=O)OCCN(C)[C@H]1CCCc2c1cnn2C. The van der Waals surface area contributed by atoms with Crippen molar-refractivity contribution in [2.24, 2.45) is 7.05 Å². The van der Waals surface area contributed by atoms with Crippen molar-refractivity contribution in [2.45, 2.75) is 25.3 Å². The lowest BCUT2D eigenvalue weighted by molar-refractivity contribution is 0.0981. The Balaban J connectivity index is 1.90. The minimum atomic E-state index is -0.288. The van der Waals surface area contributed by atoms with E-state index in [1.807, 2.05) is 17.9 Å². The van der Waals surface area contributed by atoms with Crippen molar-refractivity contribution in [3.8, 4) is 0 Å². The van der Waals surface area contributed by atoms with Gasteiger partial charge in [-0.1, -0.05) is 0 Å². The zero-order valence-corrected chi connectivity index (χ0v) is 12.8. The fourth-order valence-corrected chi connectivity index (χ4v) is 2.70. The van der Waals surface area contributed by atoms with Gasteiger partial charge in [-0.05, 0) is 26.3 Å². The highest BCUT2D eigenvalue weighted by Gasteiger charge is 2.26. The highest BCUT2D eigenvalue weighted by molar-refractivity contribution is 5.66. The highest BCUT2D eigenvalue weighted by Crippen LogP contribution is 2.32. The third-order valence-electron chi connectivity index (χ3n) is 3.91. The lowest BCUT2D eigenvalue weighted by Crippen LogP contribution is -2.32. The number of amides is 1. The normalized spacial score (nSPS) is 17.9. The van der Waals surface area contributed by atoms with Crippen LogP contribution in [0.25, 0.3) is 0 Å². The molecule has 0 spiro atoms. The number of aryl methyl sites for hydroxylation is 1. The number of hydrogen-bond acceptors (Lipinski definition) is 4. The monoisotopic (exact) mass is 280 g/mol. The lowest BCUT2D eigenvalue weighted by Gasteiger charge is -2.31. The van der Waals surface area contributed by atoms with E-state index in [-0.39, 0.29) is 6.09 Å². The van der Waals surface area contributed by atoms with Gasteiger partial charge in [-0.2, -0.15) is 5.10 Å². The predicted molar refractivity (Wildman–Crippen MR) is 76.6 cm³/mol. The zero-order valence-electron chi connectivity index (χ0n) is 12.8. The summed E-state index contributed by atoms with van der Waals surface area (Å²) in [6.45, 7) is 1.15. The first-order valence-electron chi connectivity index (χ1n) is 7.05. The molecule has 0 saturated carbocycles. The van der Waals surface area contributed by atoms with Crippen LogP contribution in [0, 0.1) is 0 Å². The third kappa shape index (κ3) is 3.12. The van der Waals surface area contributed by atoms with Crippen LogP contribution in [0.2, 0.25) is 0 Å². The Kier molecular flexibility index (Phi) is 4.65. The Hall–Kier alpha value is -1.56. The first-order valence-corrected chi connectivity index (χ1v) is 7.05. The first-order chi connectivity index (χ1) is 9.50. The van der Waals surface area contributed by atoms with Gasteiger partial charge >= 0.3 is 6.09 Å². The maximum atomic E-state index is 11.4. The Labute approximate surface area is 120 Å². The molecule has 0 radical (unpaired) electrons. The van der Waals surface area contributed by atoms with E-state index in [4.69, 9.17) is 4.74 Å². The van der Waals surface area contributed by atoms with Gasteiger partial charge in [0.15, 0.2) is 0 Å². The number of nitrogens with zero attached hydrogens (tertiary/aromatic N) is 4. The number of hydrogen-bond donors (Lipinski definition) is 0. The topological polar surface area (TPSA) is 50.6 Å². The number of ether oxygens (including phenoxy) is 1. The lowest BCUT2D eigenvalue weighted by atomic mass is 9.92. The first kappa shape index (κ1) is 14.8. The summed E-state index contributed by atoms with van der Waals surface area (Å²) in [4.78, 5) is 15.1. The van der Waals surface area contributed by atoms with E-state index in [1.54, 1.807) is 14.1 Å². The minimum absolute atomic E-state index is 0.288. The van der Waals surface area contributed by atoms with Crippen molar-refractivity contribution in [3.05, 3.63) is 17.5 Å². The summed E-state index contributed by atoms with van der Waals surface area (Å²) in [6, 6.07) is 0.380. The van der Waals surface area contributed by atoms with Gasteiger partial charge in [0.25, 0.3) is 0 Å². The Bertz CT molecular complexity index is 470. The summed E-state index contributed by atoms with van der Waals surface area (Å²) in [5.74, 6) is 0. The van der Waals surface area contributed by atoms with E-state index in [9.17, 15) is 4.79 Å². The molecule has 0 fully saturated rings. The average molecular weight is 280 g/mol. The number of likely N-dealkylation sites (N-methyl/N-ethyl adjacent to an activating group) is 1. The molecule has 20 heavy (non-hydrogen) atoms. The van der Waals surface area contributed by atoms with Gasteiger partial charge in [-0.15, -0.1) is 0 Å². The van der Waals surface area contributed by atoms with Crippen molar-refractivity contribution in [3.63, 3.8) is 0 Å². The van der Waals surface area contributed by atoms with Crippen molar-refractivity contribution in [1.82, 2.24) is 19.6 Å². The summed E-state index contributed by atoms with van der Waals surface area (Å²) < 4.78 is 7.16. The summed E-state index contributed by atoms with van der Waals surface area (Å²) in [7, 11) is 7.46. The van der Waals surface area contributed by atoms with Crippen molar-refractivity contribution in [1.29, 1.82) is 0 Å². The quantitative estimate of drug-likeness (QED) is 0.837. The fraction of sp³-hybridized carbons (Fsp3) is 0.714. The van der Waals surface area contributed by atoms with Gasteiger partial charge in [0.2, 0.25) is 0 Å². The smallest absolute Gasteiger partial charge is 0.409 e. The van der Waals surface area contributed by atoms with Gasteiger partial charge in [-0.3, -0.25) is 9.58 Å². The molecule has 6 nitrogen and oxygen atoms in total. The third-order valence-corrected chi connectivity index (χ3v) is 3.91. The predicted octanol–water partition coefficient (Wildman–Crippen LogP) is 1.43. The van der Waals surface area contributed by atoms with Crippen LogP contribution in [0.3, 0.4) is 0 Å². The van der Waals surface area contributed by atoms with Crippen LogP contribution in [0.15, 0.2) is 6.20 Å². The largest absolute Gasteiger partial charge is 0.448 e. The molecule has 0 aromatic carbocycles. The standard InChI is InChI=1S/C14H24N4O2/c1-16(2)14(19)20-9-8-17(3)12-6-5-7-13-11(12)10-15-18(13)4/h10,12H,5-9H2,1-4H3/t12-/m0/s1. The van der Waals surface area contributed by atoms with Gasteiger partial charge in [-0.25, -0.2) is 4.79 Å². The molecule has 1 aliphatic carbocycles. The van der Waals surface area contributed by atoms with Crippen molar-refractivity contribution >= 4 is 6.09 Å². The molecule has 0 N–H and O–H groups in total. The van der Waals surface area contributed by atoms with Crippen LogP contribution in [0.4, 0.5) is 4.79 Å². The van der Waals surface area contributed by atoms with Crippen LogP contribution in [0.1, 0.15) is 30.1 Å². The van der Waals surface area contributed by atoms with E-state index in [1.165, 1.54) is 22.6 Å². The van der Waals surface area contributed by atoms with Crippen molar-refractivity contribution < 1.29 is 9.53 Å². The van der Waals surface area contributed by atoms with Crippen LogP contribution < -0.4 is 0 Å². The molecule has 6 heteroatoms. The number of carbonyl (C=O) groups is 1. The molecule has 1 aromatic heterocycles.